The van der Waals surface area contributed by atoms with Crippen molar-refractivity contribution in [2.75, 3.05) is 24.7 Å². The number of oxazole rings is 2. The van der Waals surface area contributed by atoms with Crippen LogP contribution in [0, 0.1) is 27.7 Å². The lowest BCUT2D eigenvalue weighted by Crippen LogP contribution is -2.10. The zero-order chi connectivity index (χ0) is 34.2. The van der Waals surface area contributed by atoms with Gasteiger partial charge in [-0.05, 0) is 93.4 Å². The highest BCUT2D eigenvalue weighted by Crippen LogP contribution is 2.31. The van der Waals surface area contributed by atoms with Crippen LogP contribution in [0.4, 0.5) is 0 Å². The number of hydrogen-bond donors (Lipinski definition) is 2. The SMILES string of the molecule is Cc1cc(SCCc2nc(-c3cccc(-c4nc(CCSc5ccc(OCC(=O)O)c(C)c5)c(C)o4)c3)oc2C)ccc1OCC(=O)O. The first-order chi connectivity index (χ1) is 23.0. The molecule has 5 rings (SSSR count). The van der Waals surface area contributed by atoms with Crippen LogP contribution >= 0.6 is 23.5 Å². The summed E-state index contributed by atoms with van der Waals surface area (Å²) in [4.78, 5) is 33.3. The summed E-state index contributed by atoms with van der Waals surface area (Å²) in [5.74, 6) is 3.34. The van der Waals surface area contributed by atoms with Crippen molar-refractivity contribution in [3.8, 4) is 34.4 Å². The fraction of sp³-hybridized carbons (Fsp3) is 0.278. The topological polar surface area (TPSA) is 145 Å². The standard InChI is InChI=1S/C36H36N2O8S2/c1-21-16-27(8-10-31(21)43-19-33(39)40)47-14-12-29-23(3)45-35(37-29)25-6-5-7-26(18-25)36-38-30(24(4)46-36)13-15-48-28-9-11-32(22(2)17-28)44-20-34(41)42/h5-11,16-18H,12-15,19-20H2,1-4H3,(H,39,40)(H,41,42). The molecule has 0 unspecified atom stereocenters. The van der Waals surface area contributed by atoms with Crippen molar-refractivity contribution in [1.29, 1.82) is 0 Å². The molecule has 10 nitrogen and oxygen atoms in total. The van der Waals surface area contributed by atoms with Crippen molar-refractivity contribution < 1.29 is 38.1 Å². The maximum absolute atomic E-state index is 10.8. The molecule has 0 amide bonds. The molecule has 2 heterocycles. The zero-order valence-electron chi connectivity index (χ0n) is 27.1. The monoisotopic (exact) mass is 688 g/mol. The smallest absolute Gasteiger partial charge is 0.341 e. The number of aliphatic carboxylic acids is 2. The van der Waals surface area contributed by atoms with E-state index in [1.165, 1.54) is 0 Å². The van der Waals surface area contributed by atoms with Gasteiger partial charge in [-0.25, -0.2) is 19.6 Å². The van der Waals surface area contributed by atoms with E-state index in [0.717, 1.165) is 79.3 Å². The maximum atomic E-state index is 10.8. The minimum Gasteiger partial charge on any atom is -0.482 e. The summed E-state index contributed by atoms with van der Waals surface area (Å²) in [6.07, 6.45) is 1.44. The van der Waals surface area contributed by atoms with E-state index in [1.807, 2.05) is 76.2 Å². The quantitative estimate of drug-likeness (QED) is 0.0975. The van der Waals surface area contributed by atoms with Crippen LogP contribution in [-0.2, 0) is 22.4 Å². The highest BCUT2D eigenvalue weighted by Gasteiger charge is 2.16. The van der Waals surface area contributed by atoms with Crippen LogP contribution in [0.3, 0.4) is 0 Å². The van der Waals surface area contributed by atoms with Gasteiger partial charge in [0.15, 0.2) is 13.2 Å². The molecule has 12 heteroatoms. The molecule has 0 atom stereocenters. The minimum absolute atomic E-state index is 0.365. The van der Waals surface area contributed by atoms with Crippen molar-refractivity contribution in [2.45, 2.75) is 50.3 Å². The summed E-state index contributed by atoms with van der Waals surface area (Å²) in [6, 6.07) is 19.3. The van der Waals surface area contributed by atoms with Crippen LogP contribution in [0.5, 0.6) is 11.5 Å². The van der Waals surface area contributed by atoms with E-state index in [4.69, 9.17) is 38.5 Å². The fourth-order valence-electron chi connectivity index (χ4n) is 4.91. The number of hydrogen-bond acceptors (Lipinski definition) is 10. The number of ether oxygens (including phenoxy) is 2. The third-order valence-electron chi connectivity index (χ3n) is 7.35. The van der Waals surface area contributed by atoms with Crippen molar-refractivity contribution in [3.63, 3.8) is 0 Å². The number of carboxylic acid groups (broad SMARTS) is 2. The Hall–Kier alpha value is -4.68. The molecule has 2 N–H and O–H groups in total. The van der Waals surface area contributed by atoms with E-state index < -0.39 is 11.9 Å². The number of carboxylic acids is 2. The van der Waals surface area contributed by atoms with Crippen molar-refractivity contribution in [3.05, 3.63) is 94.7 Å². The highest BCUT2D eigenvalue weighted by atomic mass is 32.2. The highest BCUT2D eigenvalue weighted by molar-refractivity contribution is 7.99. The summed E-state index contributed by atoms with van der Waals surface area (Å²) in [5, 5.41) is 17.7. The Morgan fingerprint density at radius 3 is 1.50 bits per heavy atom. The number of thioether (sulfide) groups is 2. The molecular weight excluding hydrogens is 653 g/mol. The van der Waals surface area contributed by atoms with Gasteiger partial charge in [0.1, 0.15) is 23.0 Å². The van der Waals surface area contributed by atoms with E-state index in [2.05, 4.69) is 0 Å². The molecule has 0 bridgehead atoms. The summed E-state index contributed by atoms with van der Waals surface area (Å²) in [6.45, 7) is 6.91. The Balaban J connectivity index is 1.17. The zero-order valence-corrected chi connectivity index (χ0v) is 28.7. The van der Waals surface area contributed by atoms with Crippen molar-refractivity contribution in [2.24, 2.45) is 0 Å². The number of aromatic nitrogens is 2. The molecule has 0 radical (unpaired) electrons. The van der Waals surface area contributed by atoms with Crippen LogP contribution in [0.1, 0.15) is 34.0 Å². The van der Waals surface area contributed by atoms with Gasteiger partial charge in [0.05, 0.1) is 11.4 Å². The molecule has 0 fully saturated rings. The molecule has 250 valence electrons. The summed E-state index contributed by atoms with van der Waals surface area (Å²) in [5.41, 5.74) is 5.23. The molecule has 0 saturated carbocycles. The van der Waals surface area contributed by atoms with E-state index in [1.54, 1.807) is 35.7 Å². The fourth-order valence-corrected chi connectivity index (χ4v) is 6.82. The first-order valence-corrected chi connectivity index (χ1v) is 17.2. The Kier molecular flexibility index (Phi) is 11.5. The second-order valence-electron chi connectivity index (χ2n) is 11.0. The minimum atomic E-state index is -1.00. The molecule has 0 saturated heterocycles. The first kappa shape index (κ1) is 34.6. The lowest BCUT2D eigenvalue weighted by Gasteiger charge is -2.08. The third-order valence-corrected chi connectivity index (χ3v) is 9.34. The molecule has 2 aromatic heterocycles. The number of nitrogens with zero attached hydrogens (tertiary/aromatic N) is 2. The van der Waals surface area contributed by atoms with Gasteiger partial charge in [-0.15, -0.1) is 23.5 Å². The van der Waals surface area contributed by atoms with Crippen molar-refractivity contribution in [1.82, 2.24) is 9.97 Å². The van der Waals surface area contributed by atoms with Gasteiger partial charge < -0.3 is 28.5 Å². The molecule has 3 aromatic carbocycles. The summed E-state index contributed by atoms with van der Waals surface area (Å²) >= 11 is 3.38. The lowest BCUT2D eigenvalue weighted by molar-refractivity contribution is -0.140. The molecule has 0 aliphatic rings. The maximum Gasteiger partial charge on any atom is 0.341 e. The average molecular weight is 689 g/mol. The van der Waals surface area contributed by atoms with E-state index in [9.17, 15) is 9.59 Å². The van der Waals surface area contributed by atoms with Crippen LogP contribution in [-0.4, -0.2) is 56.8 Å². The van der Waals surface area contributed by atoms with Gasteiger partial charge in [-0.2, -0.15) is 0 Å². The largest absolute Gasteiger partial charge is 0.482 e. The molecule has 48 heavy (non-hydrogen) atoms. The van der Waals surface area contributed by atoms with E-state index >= 15 is 0 Å². The second-order valence-corrected chi connectivity index (χ2v) is 13.4. The Morgan fingerprint density at radius 2 is 1.10 bits per heavy atom. The lowest BCUT2D eigenvalue weighted by atomic mass is 10.1. The van der Waals surface area contributed by atoms with Gasteiger partial charge in [0, 0.05) is 45.3 Å². The van der Waals surface area contributed by atoms with Crippen LogP contribution in [0.25, 0.3) is 22.9 Å². The second kappa shape index (κ2) is 15.9. The number of carbonyl (C=O) groups is 2. The Labute approximate surface area is 286 Å². The molecule has 5 aromatic rings. The first-order valence-electron chi connectivity index (χ1n) is 15.2. The van der Waals surface area contributed by atoms with E-state index in [-0.39, 0.29) is 13.2 Å². The van der Waals surface area contributed by atoms with Gasteiger partial charge in [-0.1, -0.05) is 6.07 Å². The normalized spacial score (nSPS) is 11.1. The van der Waals surface area contributed by atoms with Crippen LogP contribution in [0.2, 0.25) is 0 Å². The molecule has 0 aliphatic carbocycles. The average Bonchev–Trinajstić information content (AvgIpc) is 3.61. The molecule has 0 aliphatic heterocycles. The molecule has 0 spiro atoms. The van der Waals surface area contributed by atoms with Crippen LogP contribution in [0.15, 0.2) is 79.3 Å². The van der Waals surface area contributed by atoms with Crippen molar-refractivity contribution >= 4 is 35.5 Å². The van der Waals surface area contributed by atoms with Gasteiger partial charge in [-0.3, -0.25) is 0 Å². The van der Waals surface area contributed by atoms with Crippen LogP contribution < -0.4 is 9.47 Å². The summed E-state index contributed by atoms with van der Waals surface area (Å²) < 4.78 is 22.8. The van der Waals surface area contributed by atoms with Gasteiger partial charge >= 0.3 is 11.9 Å². The predicted octanol–water partition coefficient (Wildman–Crippen LogP) is 7.83. The van der Waals surface area contributed by atoms with E-state index in [0.29, 0.717) is 23.3 Å². The van der Waals surface area contributed by atoms with Gasteiger partial charge in [0.2, 0.25) is 11.8 Å². The predicted molar refractivity (Wildman–Crippen MR) is 184 cm³/mol. The number of rotatable bonds is 16. The molecular formula is C36H36N2O8S2. The Morgan fingerprint density at radius 1 is 0.667 bits per heavy atom. The number of benzene rings is 3. The third kappa shape index (κ3) is 9.23. The number of aryl methyl sites for hydroxylation is 6. The van der Waals surface area contributed by atoms with Gasteiger partial charge in [0.25, 0.3) is 0 Å². The summed E-state index contributed by atoms with van der Waals surface area (Å²) in [7, 11) is 0. The Bertz CT molecular complexity index is 1780.